The summed E-state index contributed by atoms with van der Waals surface area (Å²) >= 11 is 0. The summed E-state index contributed by atoms with van der Waals surface area (Å²) in [7, 11) is 0. The summed E-state index contributed by atoms with van der Waals surface area (Å²) < 4.78 is 26.4. The minimum Gasteiger partial charge on any atom is -0.370 e. The Bertz CT molecular complexity index is 494. The van der Waals surface area contributed by atoms with Crippen molar-refractivity contribution in [1.82, 2.24) is 5.48 Å². The van der Waals surface area contributed by atoms with E-state index in [1.807, 2.05) is 0 Å². The molecule has 4 nitrogen and oxygen atoms in total. The fourth-order valence-electron chi connectivity index (χ4n) is 2.49. The average Bonchev–Trinajstić information content (AvgIpc) is 2.91. The molecule has 1 fully saturated rings. The van der Waals surface area contributed by atoms with Gasteiger partial charge in [-0.2, -0.15) is 5.48 Å². The molecule has 0 radical (unpaired) electrons. The molecule has 116 valence electrons. The average molecular weight is 298 g/mol. The molecule has 0 aliphatic heterocycles. The van der Waals surface area contributed by atoms with E-state index in [1.165, 1.54) is 12.1 Å². The number of nitrogens with two attached hydrogens (primary N) is 1. The van der Waals surface area contributed by atoms with Gasteiger partial charge in [0.15, 0.2) is 0 Å². The predicted octanol–water partition coefficient (Wildman–Crippen LogP) is 2.38. The molecular weight excluding hydrogens is 278 g/mol. The maximum Gasteiger partial charge on any atom is 0.327 e. The lowest BCUT2D eigenvalue weighted by molar-refractivity contribution is -0.156. The van der Waals surface area contributed by atoms with Gasteiger partial charge >= 0.3 is 5.97 Å². The third-order valence-electron chi connectivity index (χ3n) is 3.82. The minimum atomic E-state index is -1.06. The van der Waals surface area contributed by atoms with Gasteiger partial charge in [0.1, 0.15) is 11.6 Å². The summed E-state index contributed by atoms with van der Waals surface area (Å²) in [4.78, 5) is 16.7. The Balaban J connectivity index is 1.89. The number of nitrogens with one attached hydrogen (secondary N) is 1. The van der Waals surface area contributed by atoms with Crippen molar-refractivity contribution in [3.8, 4) is 0 Å². The van der Waals surface area contributed by atoms with Crippen LogP contribution in [0.1, 0.15) is 38.2 Å². The van der Waals surface area contributed by atoms with Crippen molar-refractivity contribution >= 4 is 5.97 Å². The Morgan fingerprint density at radius 2 is 1.90 bits per heavy atom. The van der Waals surface area contributed by atoms with E-state index in [9.17, 15) is 13.6 Å². The zero-order valence-corrected chi connectivity index (χ0v) is 12.0. The normalized spacial score (nSPS) is 18.5. The van der Waals surface area contributed by atoms with Gasteiger partial charge in [-0.15, -0.1) is 0 Å². The van der Waals surface area contributed by atoms with E-state index in [4.69, 9.17) is 10.6 Å². The number of carbonyl (C=O) groups excluding carboxylic acids is 1. The Labute approximate surface area is 122 Å². The highest BCUT2D eigenvalue weighted by molar-refractivity contribution is 5.72. The Kier molecular flexibility index (Phi) is 4.90. The lowest BCUT2D eigenvalue weighted by Crippen LogP contribution is -2.44. The molecule has 3 N–H and O–H groups in total. The molecule has 2 rings (SSSR count). The molecule has 1 atom stereocenters. The molecule has 1 aliphatic carbocycles. The van der Waals surface area contributed by atoms with E-state index in [2.05, 4.69) is 5.48 Å². The molecule has 1 unspecified atom stereocenters. The molecule has 1 aromatic rings. The van der Waals surface area contributed by atoms with Crippen LogP contribution in [0.4, 0.5) is 8.78 Å². The van der Waals surface area contributed by atoms with Crippen LogP contribution in [-0.2, 0) is 15.2 Å². The summed E-state index contributed by atoms with van der Waals surface area (Å²) in [6.07, 6.45) is 3.76. The maximum atomic E-state index is 13.2. The van der Waals surface area contributed by atoms with Crippen molar-refractivity contribution in [1.29, 1.82) is 0 Å². The van der Waals surface area contributed by atoms with Crippen LogP contribution in [0.25, 0.3) is 0 Å². The van der Waals surface area contributed by atoms with Gasteiger partial charge in [0, 0.05) is 6.07 Å². The van der Waals surface area contributed by atoms with Gasteiger partial charge < -0.3 is 10.6 Å². The standard InChI is InChI=1S/C15H20F2N2O2/c1-15(18,11-6-12(16)8-13(17)7-11)9-19-21-14(20)10-4-2-3-5-10/h6-8,10,19H,2-5,9,18H2,1H3. The zero-order chi connectivity index (χ0) is 15.5. The van der Waals surface area contributed by atoms with Crippen LogP contribution < -0.4 is 11.2 Å². The molecule has 1 saturated carbocycles. The number of hydrogen-bond donors (Lipinski definition) is 2. The number of benzene rings is 1. The SMILES string of the molecule is CC(N)(CNOC(=O)C1CCCC1)c1cc(F)cc(F)c1. The van der Waals surface area contributed by atoms with E-state index < -0.39 is 17.2 Å². The Hall–Kier alpha value is -1.53. The summed E-state index contributed by atoms with van der Waals surface area (Å²) in [5.41, 5.74) is 7.79. The first-order chi connectivity index (χ1) is 9.88. The van der Waals surface area contributed by atoms with E-state index in [0.717, 1.165) is 31.7 Å². The van der Waals surface area contributed by atoms with Gasteiger partial charge in [0.2, 0.25) is 0 Å². The summed E-state index contributed by atoms with van der Waals surface area (Å²) in [5, 5.41) is 0. The van der Waals surface area contributed by atoms with E-state index in [0.29, 0.717) is 5.56 Å². The van der Waals surface area contributed by atoms with Crippen molar-refractivity contribution in [2.75, 3.05) is 6.54 Å². The quantitative estimate of drug-likeness (QED) is 0.819. The van der Waals surface area contributed by atoms with Gasteiger partial charge in [-0.3, -0.25) is 4.79 Å². The van der Waals surface area contributed by atoms with Gasteiger partial charge in [0.25, 0.3) is 0 Å². The van der Waals surface area contributed by atoms with Crippen molar-refractivity contribution in [2.24, 2.45) is 11.7 Å². The second kappa shape index (κ2) is 6.49. The monoisotopic (exact) mass is 298 g/mol. The van der Waals surface area contributed by atoms with E-state index in [1.54, 1.807) is 6.92 Å². The third kappa shape index (κ3) is 4.22. The van der Waals surface area contributed by atoms with Crippen LogP contribution in [0.3, 0.4) is 0 Å². The number of carbonyl (C=O) groups is 1. The summed E-state index contributed by atoms with van der Waals surface area (Å²) in [6, 6.07) is 3.13. The van der Waals surface area contributed by atoms with Crippen molar-refractivity contribution in [3.05, 3.63) is 35.4 Å². The first kappa shape index (κ1) is 15.9. The van der Waals surface area contributed by atoms with Crippen LogP contribution in [0.15, 0.2) is 18.2 Å². The first-order valence-corrected chi connectivity index (χ1v) is 7.07. The number of rotatable bonds is 5. The van der Waals surface area contributed by atoms with Crippen LogP contribution in [-0.4, -0.2) is 12.5 Å². The minimum absolute atomic E-state index is 0.0619. The molecule has 0 aromatic heterocycles. The van der Waals surface area contributed by atoms with Crippen molar-refractivity contribution < 1.29 is 18.4 Å². The summed E-state index contributed by atoms with van der Waals surface area (Å²) in [6.45, 7) is 1.67. The van der Waals surface area contributed by atoms with Crippen molar-refractivity contribution in [2.45, 2.75) is 38.1 Å². The second-order valence-corrected chi connectivity index (χ2v) is 5.80. The molecule has 21 heavy (non-hydrogen) atoms. The van der Waals surface area contributed by atoms with Crippen molar-refractivity contribution in [3.63, 3.8) is 0 Å². The molecule has 1 aliphatic rings. The second-order valence-electron chi connectivity index (χ2n) is 5.80. The summed E-state index contributed by atoms with van der Waals surface area (Å²) in [5.74, 6) is -1.74. The van der Waals surface area contributed by atoms with Crippen LogP contribution in [0.2, 0.25) is 0 Å². The molecular formula is C15H20F2N2O2. The number of hydroxylamine groups is 1. The zero-order valence-electron chi connectivity index (χ0n) is 12.0. The topological polar surface area (TPSA) is 64.3 Å². The van der Waals surface area contributed by atoms with Crippen LogP contribution >= 0.6 is 0 Å². The predicted molar refractivity (Wildman–Crippen MR) is 74.0 cm³/mol. The number of hydrogen-bond acceptors (Lipinski definition) is 4. The highest BCUT2D eigenvalue weighted by Crippen LogP contribution is 2.25. The van der Waals surface area contributed by atoms with Gasteiger partial charge in [-0.1, -0.05) is 12.8 Å². The van der Waals surface area contributed by atoms with Crippen LogP contribution in [0.5, 0.6) is 0 Å². The highest BCUT2D eigenvalue weighted by Gasteiger charge is 2.26. The largest absolute Gasteiger partial charge is 0.370 e. The molecule has 1 aromatic carbocycles. The Morgan fingerprint density at radius 3 is 2.48 bits per heavy atom. The molecule has 0 saturated heterocycles. The first-order valence-electron chi connectivity index (χ1n) is 7.07. The van der Waals surface area contributed by atoms with Gasteiger partial charge in [0.05, 0.1) is 18.0 Å². The maximum absolute atomic E-state index is 13.2. The molecule has 6 heteroatoms. The molecule has 0 bridgehead atoms. The molecule has 0 amide bonds. The molecule has 0 heterocycles. The third-order valence-corrected chi connectivity index (χ3v) is 3.82. The van der Waals surface area contributed by atoms with E-state index in [-0.39, 0.29) is 18.4 Å². The van der Waals surface area contributed by atoms with Gasteiger partial charge in [-0.05, 0) is 37.5 Å². The van der Waals surface area contributed by atoms with Crippen LogP contribution in [0, 0.1) is 17.6 Å². The lowest BCUT2D eigenvalue weighted by Gasteiger charge is -2.25. The van der Waals surface area contributed by atoms with E-state index >= 15 is 0 Å². The highest BCUT2D eigenvalue weighted by atomic mass is 19.1. The fraction of sp³-hybridized carbons (Fsp3) is 0.533. The van der Waals surface area contributed by atoms with Gasteiger partial charge in [-0.25, -0.2) is 8.78 Å². The smallest absolute Gasteiger partial charge is 0.327 e. The Morgan fingerprint density at radius 1 is 1.33 bits per heavy atom. The fourth-order valence-corrected chi connectivity index (χ4v) is 2.49. The number of halogens is 2. The lowest BCUT2D eigenvalue weighted by atomic mass is 9.93. The molecule has 0 spiro atoms.